The van der Waals surface area contributed by atoms with E-state index in [4.69, 9.17) is 4.42 Å². The van der Waals surface area contributed by atoms with Crippen molar-refractivity contribution in [1.82, 2.24) is 4.98 Å². The van der Waals surface area contributed by atoms with Gasteiger partial charge in [-0.2, -0.15) is 0 Å². The van der Waals surface area contributed by atoms with Gasteiger partial charge in [0.15, 0.2) is 5.58 Å². The Balaban J connectivity index is 1.91. The Kier molecular flexibility index (Phi) is 3.84. The summed E-state index contributed by atoms with van der Waals surface area (Å²) in [5.41, 5.74) is 1.90. The summed E-state index contributed by atoms with van der Waals surface area (Å²) in [5.74, 6) is -1.21. The third-order valence-electron chi connectivity index (χ3n) is 2.86. The highest BCUT2D eigenvalue weighted by molar-refractivity contribution is 8.03. The minimum absolute atomic E-state index is 0.0604. The largest absolute Gasteiger partial charge is 0.872 e. The van der Waals surface area contributed by atoms with Gasteiger partial charge in [0, 0.05) is 0 Å². The van der Waals surface area contributed by atoms with Gasteiger partial charge in [-0.3, -0.25) is 0 Å². The van der Waals surface area contributed by atoms with Crippen molar-refractivity contribution in [3.63, 3.8) is 0 Å². The van der Waals surface area contributed by atoms with E-state index in [0.29, 0.717) is 16.7 Å². The number of nitrogens with zero attached hydrogens (tertiary/aromatic N) is 1. The van der Waals surface area contributed by atoms with E-state index in [9.17, 15) is 15.0 Å². The molecule has 22 heavy (non-hydrogen) atoms. The molecule has 5 nitrogen and oxygen atoms in total. The molecule has 0 amide bonds. The lowest BCUT2D eigenvalue weighted by atomic mass is 10.2. The summed E-state index contributed by atoms with van der Waals surface area (Å²) >= 11 is 0.927. The molecule has 1 N–H and O–H groups in total. The van der Waals surface area contributed by atoms with Crippen molar-refractivity contribution in [1.29, 1.82) is 0 Å². The maximum atomic E-state index is 11.4. The summed E-state index contributed by atoms with van der Waals surface area (Å²) in [6.07, 6.45) is 1.47. The Bertz CT molecular complexity index is 819. The first-order valence-electron chi connectivity index (χ1n) is 6.37. The number of thioether (sulfide) groups is 1. The monoisotopic (exact) mass is 312 g/mol. The van der Waals surface area contributed by atoms with Crippen LogP contribution >= 0.6 is 11.8 Å². The number of fused-ring (bicyclic) bond motifs is 1. The fraction of sp³-hybridized carbons (Fsp3) is 0. The maximum Gasteiger partial charge on any atom is 0.342 e. The van der Waals surface area contributed by atoms with E-state index < -0.39 is 5.97 Å². The second kappa shape index (κ2) is 5.95. The summed E-state index contributed by atoms with van der Waals surface area (Å²) in [5, 5.41) is 20.6. The molecular formula is C16H10NO4S-. The van der Waals surface area contributed by atoms with E-state index in [1.165, 1.54) is 18.2 Å². The smallest absolute Gasteiger partial charge is 0.342 e. The molecule has 1 heterocycles. The SMILES string of the molecule is O=C(O)/C(=C\c1ccc([O-])cc1)Sc1nc2ccccc2o1. The molecule has 0 radical (unpaired) electrons. The van der Waals surface area contributed by atoms with Crippen molar-refractivity contribution in [3.05, 3.63) is 59.0 Å². The minimum Gasteiger partial charge on any atom is -0.872 e. The lowest BCUT2D eigenvalue weighted by molar-refractivity contribution is -0.268. The Morgan fingerprint density at radius 1 is 1.18 bits per heavy atom. The zero-order chi connectivity index (χ0) is 15.5. The number of aromatic nitrogens is 1. The minimum atomic E-state index is -1.08. The van der Waals surface area contributed by atoms with Gasteiger partial charge in [0.05, 0.1) is 0 Å². The van der Waals surface area contributed by atoms with E-state index >= 15 is 0 Å². The van der Waals surface area contributed by atoms with Gasteiger partial charge in [0.1, 0.15) is 10.4 Å². The fourth-order valence-electron chi connectivity index (χ4n) is 1.84. The van der Waals surface area contributed by atoms with Crippen molar-refractivity contribution in [3.8, 4) is 5.75 Å². The first-order valence-corrected chi connectivity index (χ1v) is 7.19. The van der Waals surface area contributed by atoms with Crippen molar-refractivity contribution in [2.45, 2.75) is 5.22 Å². The first kappa shape index (κ1) is 14.2. The number of carboxylic acid groups (broad SMARTS) is 1. The molecule has 0 saturated heterocycles. The van der Waals surface area contributed by atoms with Gasteiger partial charge in [-0.15, -0.1) is 5.75 Å². The first-order chi connectivity index (χ1) is 10.6. The molecule has 0 aliphatic carbocycles. The molecule has 0 aliphatic heterocycles. The average Bonchev–Trinajstić information content (AvgIpc) is 2.91. The van der Waals surface area contributed by atoms with Crippen LogP contribution < -0.4 is 5.11 Å². The quantitative estimate of drug-likeness (QED) is 0.588. The van der Waals surface area contributed by atoms with Crippen LogP contribution in [0.2, 0.25) is 0 Å². The van der Waals surface area contributed by atoms with Crippen LogP contribution in [0.15, 0.2) is 63.1 Å². The molecular weight excluding hydrogens is 302 g/mol. The predicted molar refractivity (Wildman–Crippen MR) is 81.4 cm³/mol. The van der Waals surface area contributed by atoms with Crippen molar-refractivity contribution < 1.29 is 19.4 Å². The van der Waals surface area contributed by atoms with Gasteiger partial charge in [-0.1, -0.05) is 36.4 Å². The van der Waals surface area contributed by atoms with Crippen LogP contribution in [-0.4, -0.2) is 16.1 Å². The highest BCUT2D eigenvalue weighted by Crippen LogP contribution is 2.30. The van der Waals surface area contributed by atoms with E-state index in [2.05, 4.69) is 4.98 Å². The van der Waals surface area contributed by atoms with Crippen LogP contribution in [0.4, 0.5) is 0 Å². The lowest BCUT2D eigenvalue weighted by Crippen LogP contribution is -1.97. The number of para-hydroxylation sites is 2. The van der Waals surface area contributed by atoms with Crippen LogP contribution in [0.1, 0.15) is 5.56 Å². The van der Waals surface area contributed by atoms with Crippen molar-refractivity contribution in [2.24, 2.45) is 0 Å². The molecule has 3 aromatic rings. The Morgan fingerprint density at radius 3 is 2.59 bits per heavy atom. The van der Waals surface area contributed by atoms with E-state index in [0.717, 1.165) is 11.8 Å². The molecule has 2 aromatic carbocycles. The number of oxazole rings is 1. The normalized spacial score (nSPS) is 11.7. The van der Waals surface area contributed by atoms with E-state index in [1.54, 1.807) is 24.3 Å². The number of rotatable bonds is 4. The topological polar surface area (TPSA) is 86.4 Å². The number of benzene rings is 2. The predicted octanol–water partition coefficient (Wildman–Crippen LogP) is 3.12. The lowest BCUT2D eigenvalue weighted by Gasteiger charge is -2.04. The Hall–Kier alpha value is -2.73. The highest BCUT2D eigenvalue weighted by Gasteiger charge is 2.14. The molecule has 6 heteroatoms. The third-order valence-corrected chi connectivity index (χ3v) is 3.72. The number of carboxylic acids is 1. The summed E-state index contributed by atoms with van der Waals surface area (Å²) < 4.78 is 5.50. The molecule has 1 aromatic heterocycles. The van der Waals surface area contributed by atoms with Gasteiger partial charge in [-0.05, 0) is 35.5 Å². The van der Waals surface area contributed by atoms with Gasteiger partial charge >= 0.3 is 5.97 Å². The Morgan fingerprint density at radius 2 is 1.91 bits per heavy atom. The fourth-order valence-corrected chi connectivity index (χ4v) is 2.58. The van der Waals surface area contributed by atoms with Crippen molar-refractivity contribution >= 4 is 34.9 Å². The zero-order valence-corrected chi connectivity index (χ0v) is 12.0. The second-order valence-corrected chi connectivity index (χ2v) is 5.43. The Labute approximate surface area is 129 Å². The summed E-state index contributed by atoms with van der Waals surface area (Å²) in [4.78, 5) is 15.7. The molecule has 3 rings (SSSR count). The van der Waals surface area contributed by atoms with Gasteiger partial charge in [0.25, 0.3) is 5.22 Å². The standard InChI is InChI=1S/C16H11NO4S/c18-11-7-5-10(6-8-11)9-14(15(19)20)22-16-17-12-3-1-2-4-13(12)21-16/h1-9,18H,(H,19,20)/p-1/b14-9+. The molecule has 110 valence electrons. The van der Waals surface area contributed by atoms with Crippen LogP contribution in [0, 0.1) is 0 Å². The van der Waals surface area contributed by atoms with E-state index in [-0.39, 0.29) is 15.9 Å². The van der Waals surface area contributed by atoms with Gasteiger partial charge < -0.3 is 14.6 Å². The average molecular weight is 312 g/mol. The second-order valence-electron chi connectivity index (χ2n) is 4.43. The molecule has 0 fully saturated rings. The summed E-state index contributed by atoms with van der Waals surface area (Å²) in [7, 11) is 0. The molecule has 0 aliphatic rings. The van der Waals surface area contributed by atoms with Crippen LogP contribution in [0.5, 0.6) is 5.75 Å². The summed E-state index contributed by atoms with van der Waals surface area (Å²) in [6, 6.07) is 13.1. The van der Waals surface area contributed by atoms with Crippen LogP contribution in [0.25, 0.3) is 17.2 Å². The zero-order valence-electron chi connectivity index (χ0n) is 11.2. The van der Waals surface area contributed by atoms with Crippen molar-refractivity contribution in [2.75, 3.05) is 0 Å². The number of aliphatic carboxylic acids is 1. The molecule has 0 unspecified atom stereocenters. The number of hydrogen-bond acceptors (Lipinski definition) is 5. The number of carbonyl (C=O) groups is 1. The molecule has 0 spiro atoms. The van der Waals surface area contributed by atoms with Gasteiger partial charge in [-0.25, -0.2) is 9.78 Å². The molecule has 0 saturated carbocycles. The number of hydrogen-bond donors (Lipinski definition) is 1. The molecule has 0 atom stereocenters. The van der Waals surface area contributed by atoms with Crippen LogP contribution in [-0.2, 0) is 4.79 Å². The van der Waals surface area contributed by atoms with E-state index in [1.807, 2.05) is 12.1 Å². The molecule has 0 bridgehead atoms. The van der Waals surface area contributed by atoms with Gasteiger partial charge in [0.2, 0.25) is 0 Å². The third kappa shape index (κ3) is 3.12. The maximum absolute atomic E-state index is 11.4. The van der Waals surface area contributed by atoms with Crippen LogP contribution in [0.3, 0.4) is 0 Å². The summed E-state index contributed by atoms with van der Waals surface area (Å²) in [6.45, 7) is 0. The highest BCUT2D eigenvalue weighted by atomic mass is 32.2.